The molecule has 12 heteroatoms. The molecule has 1 amide bonds. The van der Waals surface area contributed by atoms with Gasteiger partial charge >= 0.3 is 6.18 Å². The van der Waals surface area contributed by atoms with Crippen molar-refractivity contribution in [3.8, 4) is 11.8 Å². The fraction of sp³-hybridized carbons (Fsp3) is 0.462. The molecule has 8 nitrogen and oxygen atoms in total. The quantitative estimate of drug-likeness (QED) is 0.511. The van der Waals surface area contributed by atoms with Crippen LogP contribution in [-0.4, -0.2) is 77.7 Å². The number of benzene rings is 1. The van der Waals surface area contributed by atoms with Crippen molar-refractivity contribution in [2.24, 2.45) is 0 Å². The number of ether oxygens (including phenoxy) is 1. The number of anilines is 2. The summed E-state index contributed by atoms with van der Waals surface area (Å²) < 4.78 is 47.9. The van der Waals surface area contributed by atoms with Crippen molar-refractivity contribution in [2.75, 3.05) is 56.2 Å². The normalized spacial score (nSPS) is 20.1. The first-order chi connectivity index (χ1) is 18.2. The van der Waals surface area contributed by atoms with Crippen molar-refractivity contribution in [3.05, 3.63) is 47.8 Å². The standard InChI is InChI=1S/C26H27F3N6O2S/c1-32-11-13-33(14-12-32)15-16-37-19-5-3-18(4-6-19)35-24(38)34(23(36)25(35)8-2-9-25)21-7-10-31-20(17-30)22(21)26(27,28)29/h3-7,10H,2,8-9,11-16H2,1H3. The summed E-state index contributed by atoms with van der Waals surface area (Å²) in [5.41, 5.74) is -3.00. The van der Waals surface area contributed by atoms with Gasteiger partial charge in [-0.3, -0.25) is 14.6 Å². The number of carbonyl (C=O) groups excluding carboxylic acids is 1. The molecule has 1 saturated carbocycles. The Morgan fingerprint density at radius 3 is 2.39 bits per heavy atom. The van der Waals surface area contributed by atoms with Gasteiger partial charge in [0.05, 0.1) is 5.69 Å². The number of hydrogen-bond acceptors (Lipinski definition) is 7. The Hall–Kier alpha value is -3.27. The van der Waals surface area contributed by atoms with E-state index in [9.17, 15) is 23.2 Å². The number of aromatic nitrogens is 1. The third-order valence-electron chi connectivity index (χ3n) is 7.52. The number of thiocarbonyl (C=S) groups is 1. The molecule has 1 spiro atoms. The Morgan fingerprint density at radius 2 is 1.82 bits per heavy atom. The van der Waals surface area contributed by atoms with Crippen molar-refractivity contribution in [3.63, 3.8) is 0 Å². The number of pyridine rings is 1. The van der Waals surface area contributed by atoms with Crippen LogP contribution in [0.25, 0.3) is 0 Å². The van der Waals surface area contributed by atoms with E-state index in [0.717, 1.165) is 56.3 Å². The number of halogens is 3. The van der Waals surface area contributed by atoms with Crippen molar-refractivity contribution in [2.45, 2.75) is 31.0 Å². The van der Waals surface area contributed by atoms with Gasteiger partial charge in [-0.05, 0) is 68.9 Å². The number of nitrogens with zero attached hydrogens (tertiary/aromatic N) is 6. The zero-order chi connectivity index (χ0) is 27.1. The van der Waals surface area contributed by atoms with E-state index in [1.165, 1.54) is 6.07 Å². The maximum absolute atomic E-state index is 14.0. The lowest BCUT2D eigenvalue weighted by Crippen LogP contribution is -2.55. The molecule has 1 aliphatic carbocycles. The van der Waals surface area contributed by atoms with E-state index in [0.29, 0.717) is 30.9 Å². The third-order valence-corrected chi connectivity index (χ3v) is 7.88. The second-order valence-corrected chi connectivity index (χ2v) is 10.2. The van der Waals surface area contributed by atoms with Gasteiger partial charge in [0.25, 0.3) is 5.91 Å². The maximum Gasteiger partial charge on any atom is 0.421 e. The molecule has 0 atom stereocenters. The van der Waals surface area contributed by atoms with Crippen LogP contribution < -0.4 is 14.5 Å². The summed E-state index contributed by atoms with van der Waals surface area (Å²) >= 11 is 5.62. The van der Waals surface area contributed by atoms with Crippen molar-refractivity contribution in [1.29, 1.82) is 5.26 Å². The molecule has 0 unspecified atom stereocenters. The van der Waals surface area contributed by atoms with Crippen LogP contribution in [-0.2, 0) is 11.0 Å². The molecule has 0 bridgehead atoms. The molecule has 38 heavy (non-hydrogen) atoms. The Labute approximate surface area is 224 Å². The van der Waals surface area contributed by atoms with Gasteiger partial charge in [-0.15, -0.1) is 0 Å². The zero-order valence-electron chi connectivity index (χ0n) is 20.9. The molecule has 3 fully saturated rings. The number of alkyl halides is 3. The Morgan fingerprint density at radius 1 is 1.13 bits per heavy atom. The minimum absolute atomic E-state index is 0.0565. The second kappa shape index (κ2) is 10.1. The SMILES string of the molecule is CN1CCN(CCOc2ccc(N3C(=S)N(c4ccnc(C#N)c4C(F)(F)F)C(=O)C34CCC4)cc2)CC1. The van der Waals surface area contributed by atoms with Crippen LogP contribution in [0, 0.1) is 11.3 Å². The first-order valence-electron chi connectivity index (χ1n) is 12.4. The molecule has 5 rings (SSSR count). The molecular weight excluding hydrogens is 517 g/mol. The van der Waals surface area contributed by atoms with Crippen LogP contribution in [0.5, 0.6) is 5.75 Å². The average Bonchev–Trinajstić information content (AvgIpc) is 3.11. The number of hydrogen-bond donors (Lipinski definition) is 0. The van der Waals surface area contributed by atoms with Crippen LogP contribution >= 0.6 is 12.2 Å². The summed E-state index contributed by atoms with van der Waals surface area (Å²) in [4.78, 5) is 24.4. The molecule has 2 aliphatic heterocycles. The van der Waals surface area contributed by atoms with Crippen LogP contribution in [0.4, 0.5) is 24.5 Å². The van der Waals surface area contributed by atoms with Crippen LogP contribution in [0.2, 0.25) is 0 Å². The number of piperazine rings is 1. The van der Waals surface area contributed by atoms with E-state index in [2.05, 4.69) is 21.8 Å². The van der Waals surface area contributed by atoms with Crippen LogP contribution in [0.3, 0.4) is 0 Å². The van der Waals surface area contributed by atoms with Crippen LogP contribution in [0.15, 0.2) is 36.5 Å². The largest absolute Gasteiger partial charge is 0.492 e. The monoisotopic (exact) mass is 544 g/mol. The van der Waals surface area contributed by atoms with Gasteiger partial charge in [-0.1, -0.05) is 0 Å². The molecular formula is C26H27F3N6O2S. The van der Waals surface area contributed by atoms with E-state index in [4.69, 9.17) is 17.0 Å². The molecule has 2 aromatic rings. The molecule has 1 aromatic heterocycles. The second-order valence-electron chi connectivity index (χ2n) is 9.79. The minimum atomic E-state index is -4.89. The minimum Gasteiger partial charge on any atom is -0.492 e. The molecule has 3 heterocycles. The van der Waals surface area contributed by atoms with Crippen LogP contribution in [0.1, 0.15) is 30.5 Å². The molecule has 200 valence electrons. The lowest BCUT2D eigenvalue weighted by Gasteiger charge is -2.43. The summed E-state index contributed by atoms with van der Waals surface area (Å²) in [6.45, 7) is 5.41. The topological polar surface area (TPSA) is 75.9 Å². The summed E-state index contributed by atoms with van der Waals surface area (Å²) in [5.74, 6) is 0.132. The van der Waals surface area contributed by atoms with Gasteiger partial charge in [0.1, 0.15) is 29.5 Å². The molecule has 1 aromatic carbocycles. The first kappa shape index (κ1) is 26.3. The van der Waals surface area contributed by atoms with Gasteiger partial charge in [-0.2, -0.15) is 18.4 Å². The number of carbonyl (C=O) groups is 1. The van der Waals surface area contributed by atoms with Gasteiger partial charge in [0.15, 0.2) is 10.8 Å². The predicted molar refractivity (Wildman–Crippen MR) is 139 cm³/mol. The van der Waals surface area contributed by atoms with Gasteiger partial charge in [0.2, 0.25) is 0 Å². The highest BCUT2D eigenvalue weighted by Gasteiger charge is 2.60. The first-order valence-corrected chi connectivity index (χ1v) is 12.9. The summed E-state index contributed by atoms with van der Waals surface area (Å²) in [5, 5.41) is 9.21. The van der Waals surface area contributed by atoms with E-state index in [1.807, 2.05) is 0 Å². The predicted octanol–water partition coefficient (Wildman–Crippen LogP) is 3.66. The Kier molecular flexibility index (Phi) is 7.02. The smallest absolute Gasteiger partial charge is 0.421 e. The average molecular weight is 545 g/mol. The summed E-state index contributed by atoms with van der Waals surface area (Å²) in [6.07, 6.45) is -2.14. The zero-order valence-corrected chi connectivity index (χ0v) is 21.7. The number of likely N-dealkylation sites (N-methyl/N-ethyl adjacent to an activating group) is 1. The van der Waals surface area contributed by atoms with Crippen molar-refractivity contribution >= 4 is 34.6 Å². The lowest BCUT2D eigenvalue weighted by atomic mass is 9.75. The van der Waals surface area contributed by atoms with E-state index in [1.54, 1.807) is 29.2 Å². The maximum atomic E-state index is 14.0. The lowest BCUT2D eigenvalue weighted by molar-refractivity contribution is -0.137. The highest BCUT2D eigenvalue weighted by Crippen LogP contribution is 2.49. The fourth-order valence-corrected chi connectivity index (χ4v) is 5.71. The molecule has 0 radical (unpaired) electrons. The Balaban J connectivity index is 1.37. The highest BCUT2D eigenvalue weighted by molar-refractivity contribution is 7.81. The van der Waals surface area contributed by atoms with Crippen molar-refractivity contribution in [1.82, 2.24) is 14.8 Å². The molecule has 2 saturated heterocycles. The van der Waals surface area contributed by atoms with E-state index < -0.39 is 34.6 Å². The molecule has 3 aliphatic rings. The molecule has 0 N–H and O–H groups in total. The van der Waals surface area contributed by atoms with Crippen molar-refractivity contribution < 1.29 is 22.7 Å². The van der Waals surface area contributed by atoms with Gasteiger partial charge < -0.3 is 14.5 Å². The number of nitriles is 1. The Bertz CT molecular complexity index is 1270. The van der Waals surface area contributed by atoms with Gasteiger partial charge in [-0.25, -0.2) is 4.98 Å². The van der Waals surface area contributed by atoms with E-state index in [-0.39, 0.29) is 5.11 Å². The third kappa shape index (κ3) is 4.59. The summed E-state index contributed by atoms with van der Waals surface area (Å²) in [7, 11) is 2.11. The summed E-state index contributed by atoms with van der Waals surface area (Å²) in [6, 6.07) is 9.67. The highest BCUT2D eigenvalue weighted by atomic mass is 32.1. The van der Waals surface area contributed by atoms with E-state index >= 15 is 0 Å². The van der Waals surface area contributed by atoms with Gasteiger partial charge in [0, 0.05) is 44.6 Å². The fourth-order valence-electron chi connectivity index (χ4n) is 5.25. The number of rotatable bonds is 6. The number of amides is 1.